The van der Waals surface area contributed by atoms with Crippen LogP contribution in [0.5, 0.6) is 0 Å². The highest BCUT2D eigenvalue weighted by molar-refractivity contribution is 5.76. The number of nitrogens with one attached hydrogen (secondary N) is 2. The Hall–Kier alpha value is -2.16. The van der Waals surface area contributed by atoms with E-state index in [0.717, 1.165) is 51.9 Å². The van der Waals surface area contributed by atoms with Crippen LogP contribution < -0.4 is 10.6 Å². The van der Waals surface area contributed by atoms with Gasteiger partial charge in [0.15, 0.2) is 25.2 Å². The van der Waals surface area contributed by atoms with Gasteiger partial charge in [0.25, 0.3) is 0 Å². The molecule has 0 aromatic carbocycles. The topological polar surface area (TPSA) is 395 Å². The molecule has 0 unspecified atom stereocenters. The minimum Gasteiger partial charge on any atom is -0.394 e. The molecule has 0 aromatic heterocycles. The summed E-state index contributed by atoms with van der Waals surface area (Å²) in [7, 11) is 0. The summed E-state index contributed by atoms with van der Waals surface area (Å²) in [6.45, 7) is 1.62. The summed E-state index contributed by atoms with van der Waals surface area (Å²) in [5, 5.41) is 147. The highest BCUT2D eigenvalue weighted by Gasteiger charge is 2.55. The first-order chi connectivity index (χ1) is 41.0. The van der Waals surface area contributed by atoms with E-state index in [1.165, 1.54) is 103 Å². The summed E-state index contributed by atoms with van der Waals surface area (Å²) in [5.41, 5.74) is 0. The van der Waals surface area contributed by atoms with Crippen molar-refractivity contribution in [2.45, 2.75) is 323 Å². The van der Waals surface area contributed by atoms with Gasteiger partial charge in [0.1, 0.15) is 97.6 Å². The fourth-order valence-electron chi connectivity index (χ4n) is 11.4. The molecular formula is C60H110N2O23. The second-order valence-corrected chi connectivity index (χ2v) is 23.6. The summed E-state index contributed by atoms with van der Waals surface area (Å²) in [5.74, 6) is -0.997. The van der Waals surface area contributed by atoms with Crippen LogP contribution in [0.1, 0.15) is 188 Å². The Bertz CT molecular complexity index is 1790. The van der Waals surface area contributed by atoms with Gasteiger partial charge in [-0.15, -0.1) is 0 Å². The molecule has 4 rings (SSSR count). The van der Waals surface area contributed by atoms with Gasteiger partial charge in [-0.1, -0.05) is 167 Å². The summed E-state index contributed by atoms with van der Waals surface area (Å²) in [4.78, 5) is 25.4. The van der Waals surface area contributed by atoms with E-state index in [4.69, 9.17) is 37.9 Å². The zero-order valence-corrected chi connectivity index (χ0v) is 50.7. The van der Waals surface area contributed by atoms with Crippen molar-refractivity contribution in [1.29, 1.82) is 0 Å². The molecule has 4 aliphatic heterocycles. The molecule has 25 heteroatoms. The Morgan fingerprint density at radius 2 is 0.859 bits per heavy atom. The van der Waals surface area contributed by atoms with Crippen molar-refractivity contribution in [2.24, 2.45) is 0 Å². The summed E-state index contributed by atoms with van der Waals surface area (Å²) >= 11 is 0. The second-order valence-electron chi connectivity index (χ2n) is 23.6. The monoisotopic (exact) mass is 1230 g/mol. The summed E-state index contributed by atoms with van der Waals surface area (Å²) in [6, 6.07) is -2.51. The van der Waals surface area contributed by atoms with E-state index in [0.29, 0.717) is 12.8 Å². The molecule has 0 aliphatic carbocycles. The van der Waals surface area contributed by atoms with Crippen molar-refractivity contribution in [3.05, 3.63) is 12.2 Å². The largest absolute Gasteiger partial charge is 0.394 e. The van der Waals surface area contributed by atoms with Crippen molar-refractivity contribution in [1.82, 2.24) is 10.6 Å². The third kappa shape index (κ3) is 24.9. The van der Waals surface area contributed by atoms with Gasteiger partial charge in [-0.25, -0.2) is 0 Å². The molecule has 15 N–H and O–H groups in total. The Morgan fingerprint density at radius 3 is 1.32 bits per heavy atom. The molecule has 0 radical (unpaired) electrons. The second kappa shape index (κ2) is 42.0. The molecule has 22 atom stereocenters. The van der Waals surface area contributed by atoms with E-state index in [1.807, 2.05) is 6.08 Å². The van der Waals surface area contributed by atoms with E-state index in [1.54, 1.807) is 6.08 Å². The van der Waals surface area contributed by atoms with Crippen LogP contribution in [0, 0.1) is 0 Å². The number of hydrogen-bond donors (Lipinski definition) is 15. The highest BCUT2D eigenvalue weighted by atomic mass is 16.8. The first-order valence-corrected chi connectivity index (χ1v) is 31.9. The molecular weight excluding hydrogens is 1120 g/mol. The van der Waals surface area contributed by atoms with Gasteiger partial charge in [-0.2, -0.15) is 0 Å². The number of aliphatic hydroxyl groups excluding tert-OH is 13. The van der Waals surface area contributed by atoms with Crippen molar-refractivity contribution >= 4 is 11.8 Å². The highest BCUT2D eigenvalue weighted by Crippen LogP contribution is 2.35. The lowest BCUT2D eigenvalue weighted by atomic mass is 9.95. The van der Waals surface area contributed by atoms with Crippen LogP contribution in [0.25, 0.3) is 0 Å². The van der Waals surface area contributed by atoms with Gasteiger partial charge < -0.3 is 115 Å². The van der Waals surface area contributed by atoms with Crippen LogP contribution in [0.2, 0.25) is 0 Å². The van der Waals surface area contributed by atoms with Crippen LogP contribution in [-0.4, -0.2) is 246 Å². The van der Waals surface area contributed by atoms with Gasteiger partial charge in [0.2, 0.25) is 11.8 Å². The maximum absolute atomic E-state index is 13.4. The molecule has 25 nitrogen and oxygen atoms in total. The van der Waals surface area contributed by atoms with Gasteiger partial charge in [-0.3, -0.25) is 9.59 Å². The maximum Gasteiger partial charge on any atom is 0.220 e. The number of aliphatic hydroxyl groups is 13. The average Bonchev–Trinajstić information content (AvgIpc) is 1.97. The van der Waals surface area contributed by atoms with Crippen LogP contribution in [0.4, 0.5) is 0 Å². The SMILES string of the molecule is CCCCCCCCCCCCC/C=C/[C@@H](O)[C@H](CO[C@@H]1O[C@H](CO)[C@@H](O)[C@H](O[C@@H]2O[C@H](CO)[C@H](O[C@H]3O[C@H](CO)[C@H](O[C@@H]4O[C@H](CO)[C@H](O)[C@H](O)[C@H]4NC(C)=O)[C@H](O)[C@H]3O)[C@H](O)[C@H]2O)[C@H]1O)NC(=O)CCCCCCCCCCCCCCC. The molecule has 4 aliphatic rings. The number of unbranched alkanes of at least 4 members (excludes halogenated alkanes) is 23. The van der Waals surface area contributed by atoms with Crippen LogP contribution in [0.15, 0.2) is 12.2 Å². The predicted molar refractivity (Wildman–Crippen MR) is 308 cm³/mol. The average molecular weight is 1230 g/mol. The lowest BCUT2D eigenvalue weighted by Gasteiger charge is -2.49. The third-order valence-electron chi connectivity index (χ3n) is 16.6. The minimum atomic E-state index is -2.10. The summed E-state index contributed by atoms with van der Waals surface area (Å²) in [6.07, 6.45) is -2.85. The Labute approximate surface area is 502 Å². The van der Waals surface area contributed by atoms with Gasteiger partial charge in [0, 0.05) is 13.3 Å². The first kappa shape index (κ1) is 75.3. The zero-order chi connectivity index (χ0) is 62.3. The van der Waals surface area contributed by atoms with E-state index in [9.17, 15) is 76.0 Å². The molecule has 498 valence electrons. The lowest BCUT2D eigenvalue weighted by molar-refractivity contribution is -0.386. The van der Waals surface area contributed by atoms with Gasteiger partial charge in [0.05, 0.1) is 45.2 Å². The van der Waals surface area contributed by atoms with E-state index < -0.39 is 174 Å². The molecule has 2 amide bonds. The Kier molecular flexibility index (Phi) is 37.2. The maximum atomic E-state index is 13.4. The van der Waals surface area contributed by atoms with Crippen molar-refractivity contribution < 1.29 is 114 Å². The van der Waals surface area contributed by atoms with Gasteiger partial charge >= 0.3 is 0 Å². The first-order valence-electron chi connectivity index (χ1n) is 31.9. The van der Waals surface area contributed by atoms with E-state index in [-0.39, 0.29) is 12.3 Å². The third-order valence-corrected chi connectivity index (χ3v) is 16.6. The van der Waals surface area contributed by atoms with E-state index >= 15 is 0 Å². The standard InChI is InChI=1S/C60H110N2O23/c1-4-6-8-10-12-14-16-18-20-22-24-26-28-30-39(68)38(62-44(69)31-29-27-25-23-21-19-17-15-13-11-9-7-5-2)36-78-58-53(77)56(47(71)41(33-64)80-58)85-60-52(76)50(74)55(43(35-66)82-60)84-59-51(75)49(73)54(42(34-65)81-59)83-57-45(61-37(3)67)48(72)46(70)40(32-63)79-57/h28,30,38-43,45-60,63-66,68,70-77H,4-27,29,31-36H2,1-3H3,(H,61,67)(H,62,69)/b30-28+/t38-,39+,40+,41+,42+,43+,45+,46-,47+,48+,49+,50+,51+,52+,53+,54-,55-,56-,57-,58+,59+,60-/m0/s1. The van der Waals surface area contributed by atoms with Crippen molar-refractivity contribution in [3.63, 3.8) is 0 Å². The number of carbonyl (C=O) groups is 2. The lowest BCUT2D eigenvalue weighted by Crippen LogP contribution is -2.68. The number of hydrogen-bond acceptors (Lipinski definition) is 23. The molecule has 4 saturated heterocycles. The number of allylic oxidation sites excluding steroid dienone is 1. The predicted octanol–water partition coefficient (Wildman–Crippen LogP) is 1.00. The molecule has 0 aromatic rings. The van der Waals surface area contributed by atoms with Gasteiger partial charge in [-0.05, 0) is 19.3 Å². The molecule has 85 heavy (non-hydrogen) atoms. The fraction of sp³-hybridized carbons (Fsp3) is 0.933. The van der Waals surface area contributed by atoms with Crippen LogP contribution in [-0.2, 0) is 47.5 Å². The smallest absolute Gasteiger partial charge is 0.220 e. The van der Waals surface area contributed by atoms with E-state index in [2.05, 4.69) is 24.5 Å². The molecule has 4 fully saturated rings. The molecule has 0 saturated carbocycles. The number of carbonyl (C=O) groups excluding carboxylic acids is 2. The number of rotatable bonds is 43. The number of amides is 2. The van der Waals surface area contributed by atoms with Crippen molar-refractivity contribution in [2.75, 3.05) is 33.0 Å². The van der Waals surface area contributed by atoms with Crippen LogP contribution >= 0.6 is 0 Å². The molecule has 0 spiro atoms. The molecule has 0 bridgehead atoms. The number of ether oxygens (including phenoxy) is 8. The minimum absolute atomic E-state index is 0.205. The van der Waals surface area contributed by atoms with Crippen LogP contribution in [0.3, 0.4) is 0 Å². The quantitative estimate of drug-likeness (QED) is 0.0299. The normalized spacial score (nSPS) is 34.4. The Morgan fingerprint density at radius 1 is 0.459 bits per heavy atom. The molecule has 4 heterocycles. The van der Waals surface area contributed by atoms with Crippen molar-refractivity contribution in [3.8, 4) is 0 Å². The Balaban J connectivity index is 1.37. The zero-order valence-electron chi connectivity index (χ0n) is 50.7. The fourth-order valence-corrected chi connectivity index (χ4v) is 11.4. The summed E-state index contributed by atoms with van der Waals surface area (Å²) < 4.78 is 46.4.